The van der Waals surface area contributed by atoms with Gasteiger partial charge in [-0.2, -0.15) is 4.39 Å². The van der Waals surface area contributed by atoms with Gasteiger partial charge in [0.2, 0.25) is 11.6 Å². The number of aliphatic hydroxyl groups is 4. The first kappa shape index (κ1) is 24.3. The zero-order valence-corrected chi connectivity index (χ0v) is 18.9. The normalized spacial score (nSPS) is 31.6. The second-order valence-electron chi connectivity index (χ2n) is 8.92. The maximum absolute atomic E-state index is 14.5. The number of ether oxygens (including phenoxy) is 3. The Balaban J connectivity index is 1.76. The summed E-state index contributed by atoms with van der Waals surface area (Å²) in [6, 6.07) is 7.12. The van der Waals surface area contributed by atoms with Crippen LogP contribution in [0, 0.1) is 11.6 Å². The van der Waals surface area contributed by atoms with Crippen molar-refractivity contribution in [2.45, 2.75) is 55.6 Å². The molecule has 2 fully saturated rings. The molecule has 0 spiro atoms. The third-order valence-electron chi connectivity index (χ3n) is 6.56. The first-order valence-corrected chi connectivity index (χ1v) is 10.7. The van der Waals surface area contributed by atoms with Crippen LogP contribution in [0.15, 0.2) is 30.3 Å². The summed E-state index contributed by atoms with van der Waals surface area (Å²) < 4.78 is 45.3. The Hall–Kier alpha value is -1.85. The smallest absolute Gasteiger partial charge is 0.225 e. The molecule has 2 aromatic carbocycles. The van der Waals surface area contributed by atoms with Crippen LogP contribution in [0.5, 0.6) is 5.75 Å². The predicted molar refractivity (Wildman–Crippen MR) is 113 cm³/mol. The molecule has 0 unspecified atom stereocenters. The minimum Gasteiger partial charge on any atom is -0.494 e. The van der Waals surface area contributed by atoms with E-state index in [-0.39, 0.29) is 34.9 Å². The number of rotatable bonds is 5. The van der Waals surface area contributed by atoms with E-state index in [1.54, 1.807) is 0 Å². The first-order valence-electron chi connectivity index (χ1n) is 10.3. The fourth-order valence-corrected chi connectivity index (χ4v) is 4.67. The Kier molecular flexibility index (Phi) is 5.98. The van der Waals surface area contributed by atoms with Gasteiger partial charge in [0.15, 0.2) is 17.2 Å². The van der Waals surface area contributed by atoms with Crippen LogP contribution in [-0.2, 0) is 21.7 Å². The molecule has 2 aliphatic heterocycles. The van der Waals surface area contributed by atoms with E-state index in [1.807, 2.05) is 0 Å². The van der Waals surface area contributed by atoms with Crippen molar-refractivity contribution in [2.24, 2.45) is 0 Å². The van der Waals surface area contributed by atoms with E-state index in [4.69, 9.17) is 25.8 Å². The number of benzene rings is 2. The van der Waals surface area contributed by atoms with Gasteiger partial charge >= 0.3 is 0 Å². The van der Waals surface area contributed by atoms with Crippen LogP contribution in [0.25, 0.3) is 0 Å². The van der Waals surface area contributed by atoms with Crippen molar-refractivity contribution in [3.8, 4) is 5.75 Å². The third-order valence-corrected chi connectivity index (χ3v) is 6.93. The summed E-state index contributed by atoms with van der Waals surface area (Å²) in [5.41, 5.74) is -2.76. The maximum Gasteiger partial charge on any atom is 0.225 e. The lowest BCUT2D eigenvalue weighted by Gasteiger charge is -2.50. The third kappa shape index (κ3) is 3.54. The van der Waals surface area contributed by atoms with E-state index in [0.29, 0.717) is 5.56 Å². The SMILES string of the molecule is COc1ccc(Cc2cc([C@]34OC[C@](C(C)(C)O)(O3)[C@@H](O)[C@H](O)[C@H]4O)ccc2Cl)c(F)c1F. The van der Waals surface area contributed by atoms with Crippen LogP contribution in [0.4, 0.5) is 8.78 Å². The maximum atomic E-state index is 14.5. The Morgan fingerprint density at radius 2 is 1.79 bits per heavy atom. The fraction of sp³-hybridized carbons (Fsp3) is 0.478. The lowest BCUT2D eigenvalue weighted by Crippen LogP contribution is -2.70. The lowest BCUT2D eigenvalue weighted by atomic mass is 9.75. The van der Waals surface area contributed by atoms with Crippen molar-refractivity contribution in [1.82, 2.24) is 0 Å². The highest BCUT2D eigenvalue weighted by Gasteiger charge is 2.71. The Bertz CT molecular complexity index is 1080. The highest BCUT2D eigenvalue weighted by atomic mass is 35.5. The Labute approximate surface area is 194 Å². The summed E-state index contributed by atoms with van der Waals surface area (Å²) in [5, 5.41) is 42.9. The molecule has 4 rings (SSSR count). The van der Waals surface area contributed by atoms with Gasteiger partial charge < -0.3 is 34.6 Å². The van der Waals surface area contributed by atoms with Crippen LogP contribution in [-0.4, -0.2) is 63.7 Å². The second kappa shape index (κ2) is 8.13. The van der Waals surface area contributed by atoms with Crippen molar-refractivity contribution in [2.75, 3.05) is 13.7 Å². The van der Waals surface area contributed by atoms with Crippen molar-refractivity contribution in [1.29, 1.82) is 0 Å². The summed E-state index contributed by atoms with van der Waals surface area (Å²) in [4.78, 5) is 0. The molecule has 2 heterocycles. The molecule has 0 radical (unpaired) electrons. The van der Waals surface area contributed by atoms with Crippen LogP contribution in [0.3, 0.4) is 0 Å². The zero-order valence-electron chi connectivity index (χ0n) is 18.2. The van der Waals surface area contributed by atoms with Gasteiger partial charge in [-0.1, -0.05) is 23.7 Å². The molecule has 4 N–H and O–H groups in total. The Morgan fingerprint density at radius 1 is 1.09 bits per heavy atom. The molecule has 0 aromatic heterocycles. The number of aliphatic hydroxyl groups excluding tert-OH is 3. The summed E-state index contributed by atoms with van der Waals surface area (Å²) >= 11 is 6.31. The molecule has 2 saturated heterocycles. The highest BCUT2D eigenvalue weighted by molar-refractivity contribution is 6.31. The number of fused-ring (bicyclic) bond motifs is 2. The molecule has 5 atom stereocenters. The van der Waals surface area contributed by atoms with Crippen LogP contribution in [0.1, 0.15) is 30.5 Å². The Morgan fingerprint density at radius 3 is 2.42 bits per heavy atom. The van der Waals surface area contributed by atoms with Gasteiger partial charge in [0.1, 0.15) is 18.3 Å². The van der Waals surface area contributed by atoms with E-state index >= 15 is 0 Å². The van der Waals surface area contributed by atoms with Gasteiger partial charge in [0, 0.05) is 17.0 Å². The monoisotopic (exact) mass is 486 g/mol. The van der Waals surface area contributed by atoms with Gasteiger partial charge in [-0.25, -0.2) is 4.39 Å². The molecule has 180 valence electrons. The molecule has 2 aromatic rings. The van der Waals surface area contributed by atoms with Crippen molar-refractivity contribution < 1.29 is 43.4 Å². The van der Waals surface area contributed by atoms with E-state index in [0.717, 1.165) is 0 Å². The summed E-state index contributed by atoms with van der Waals surface area (Å²) in [5.74, 6) is -4.37. The zero-order chi connectivity index (χ0) is 24.3. The average molecular weight is 487 g/mol. The second-order valence-corrected chi connectivity index (χ2v) is 9.33. The summed E-state index contributed by atoms with van der Waals surface area (Å²) in [7, 11) is 1.23. The van der Waals surface area contributed by atoms with Gasteiger partial charge in [-0.3, -0.25) is 0 Å². The molecule has 7 nitrogen and oxygen atoms in total. The molecule has 0 saturated carbocycles. The molecule has 0 amide bonds. The largest absolute Gasteiger partial charge is 0.494 e. The number of methoxy groups -OCH3 is 1. The van der Waals surface area contributed by atoms with Gasteiger partial charge in [0.05, 0.1) is 19.3 Å². The first-order chi connectivity index (χ1) is 15.4. The molecule has 0 aliphatic carbocycles. The highest BCUT2D eigenvalue weighted by Crippen LogP contribution is 2.53. The number of hydrogen-bond donors (Lipinski definition) is 4. The molecular formula is C23H25ClF2O7. The van der Waals surface area contributed by atoms with Crippen molar-refractivity contribution in [3.63, 3.8) is 0 Å². The molecule has 33 heavy (non-hydrogen) atoms. The van der Waals surface area contributed by atoms with E-state index in [2.05, 4.69) is 0 Å². The van der Waals surface area contributed by atoms with Crippen LogP contribution < -0.4 is 4.74 Å². The van der Waals surface area contributed by atoms with Crippen LogP contribution >= 0.6 is 11.6 Å². The van der Waals surface area contributed by atoms with Gasteiger partial charge in [-0.05, 0) is 43.2 Å². The van der Waals surface area contributed by atoms with E-state index < -0.39 is 46.9 Å². The van der Waals surface area contributed by atoms with Crippen molar-refractivity contribution in [3.05, 3.63) is 63.7 Å². The van der Waals surface area contributed by atoms with Gasteiger partial charge in [-0.15, -0.1) is 0 Å². The quantitative estimate of drug-likeness (QED) is 0.512. The fourth-order valence-electron chi connectivity index (χ4n) is 4.48. The minimum absolute atomic E-state index is 0.0172. The summed E-state index contributed by atoms with van der Waals surface area (Å²) in [6.07, 6.45) is -5.14. The van der Waals surface area contributed by atoms with Gasteiger partial charge in [0.25, 0.3) is 0 Å². The topological polar surface area (TPSA) is 109 Å². The standard InChI is InChI=1S/C23H25ClF2O7/c1-21(2,30)22-10-32-23(33-22,20(29)18(27)19(22)28)13-5-6-14(24)12(9-13)8-11-4-7-15(31-3)17(26)16(11)25/h4-7,9,18-20,27-30H,8,10H2,1-3H3/t18-,19-,20+,22-,23-/m0/s1. The molecular weight excluding hydrogens is 462 g/mol. The molecule has 10 heteroatoms. The van der Waals surface area contributed by atoms with E-state index in [9.17, 15) is 29.2 Å². The minimum atomic E-state index is -1.93. The van der Waals surface area contributed by atoms with E-state index in [1.165, 1.54) is 51.3 Å². The van der Waals surface area contributed by atoms with Crippen LogP contribution in [0.2, 0.25) is 5.02 Å². The number of hydrogen-bond acceptors (Lipinski definition) is 7. The molecule has 2 aliphatic rings. The predicted octanol–water partition coefficient (Wildman–Crippen LogP) is 2.02. The van der Waals surface area contributed by atoms with Crippen molar-refractivity contribution >= 4 is 11.6 Å². The lowest BCUT2D eigenvalue weighted by molar-refractivity contribution is -0.348. The summed E-state index contributed by atoms with van der Waals surface area (Å²) in [6.45, 7) is 2.48. The average Bonchev–Trinajstić information content (AvgIpc) is 3.17. The number of halogens is 3. The molecule has 2 bridgehead atoms.